The predicted octanol–water partition coefficient (Wildman–Crippen LogP) is 2.26. The zero-order chi connectivity index (χ0) is 16.8. The van der Waals surface area contributed by atoms with Crippen molar-refractivity contribution in [2.45, 2.75) is 6.92 Å². The zero-order valence-electron chi connectivity index (χ0n) is 12.4. The van der Waals surface area contributed by atoms with Crippen molar-refractivity contribution in [3.8, 4) is 0 Å². The Morgan fingerprint density at radius 1 is 1.39 bits per heavy atom. The fraction of sp³-hybridized carbons (Fsp3) is 0.267. The molecular formula is C15H15ClN2O4S. The van der Waals surface area contributed by atoms with Gasteiger partial charge >= 0.3 is 5.97 Å². The maximum absolute atomic E-state index is 12.1. The van der Waals surface area contributed by atoms with Crippen LogP contribution in [0.3, 0.4) is 0 Å². The van der Waals surface area contributed by atoms with Gasteiger partial charge in [-0.15, -0.1) is 0 Å². The molecule has 0 saturated carbocycles. The van der Waals surface area contributed by atoms with Gasteiger partial charge in [-0.2, -0.15) is 0 Å². The summed E-state index contributed by atoms with van der Waals surface area (Å²) in [6, 6.07) is 6.63. The van der Waals surface area contributed by atoms with Crippen LogP contribution < -0.4 is 5.32 Å². The number of thioether (sulfide) groups is 1. The topological polar surface area (TPSA) is 75.7 Å². The molecular weight excluding hydrogens is 340 g/mol. The largest absolute Gasteiger partial charge is 0.463 e. The molecule has 1 saturated heterocycles. The molecule has 23 heavy (non-hydrogen) atoms. The monoisotopic (exact) mass is 354 g/mol. The number of nitrogens with zero attached hydrogens (tertiary/aromatic N) is 1. The number of carbonyl (C=O) groups is 3. The standard InChI is InChI=1S/C15H15ClN2O4S/c1-2-22-15(21)7-14-18(13(20)9-23-14)8-12(19)17-11-5-3-10(16)4-6-11/h3-7H,2,8-9H2,1H3,(H,17,19)/b14-7-. The van der Waals surface area contributed by atoms with Crippen LogP contribution in [0, 0.1) is 0 Å². The van der Waals surface area contributed by atoms with Crippen LogP contribution in [-0.4, -0.2) is 41.6 Å². The van der Waals surface area contributed by atoms with Crippen molar-refractivity contribution in [2.24, 2.45) is 0 Å². The summed E-state index contributed by atoms with van der Waals surface area (Å²) in [4.78, 5) is 36.7. The van der Waals surface area contributed by atoms with Crippen LogP contribution in [0.5, 0.6) is 0 Å². The summed E-state index contributed by atoms with van der Waals surface area (Å²) in [6.45, 7) is 1.78. The van der Waals surface area contributed by atoms with Gasteiger partial charge in [0.15, 0.2) is 0 Å². The van der Waals surface area contributed by atoms with Crippen molar-refractivity contribution in [2.75, 3.05) is 24.2 Å². The van der Waals surface area contributed by atoms with Crippen molar-refractivity contribution >= 4 is 46.8 Å². The van der Waals surface area contributed by atoms with E-state index in [0.717, 1.165) is 0 Å². The lowest BCUT2D eigenvalue weighted by molar-refractivity contribution is -0.137. The lowest BCUT2D eigenvalue weighted by Gasteiger charge is -2.16. The summed E-state index contributed by atoms with van der Waals surface area (Å²) < 4.78 is 4.82. The quantitative estimate of drug-likeness (QED) is 0.648. The van der Waals surface area contributed by atoms with Gasteiger partial charge in [0.05, 0.1) is 23.5 Å². The van der Waals surface area contributed by atoms with E-state index in [1.807, 2.05) is 0 Å². The summed E-state index contributed by atoms with van der Waals surface area (Å²) in [5, 5.41) is 3.65. The lowest BCUT2D eigenvalue weighted by atomic mass is 10.3. The second kappa shape index (κ2) is 8.03. The van der Waals surface area contributed by atoms with Gasteiger partial charge in [-0.1, -0.05) is 23.4 Å². The number of rotatable bonds is 5. The van der Waals surface area contributed by atoms with E-state index in [-0.39, 0.29) is 30.7 Å². The molecule has 1 N–H and O–H groups in total. The van der Waals surface area contributed by atoms with Crippen molar-refractivity contribution < 1.29 is 19.1 Å². The van der Waals surface area contributed by atoms with Crippen molar-refractivity contribution in [3.05, 3.63) is 40.4 Å². The van der Waals surface area contributed by atoms with Crippen molar-refractivity contribution in [1.82, 2.24) is 4.90 Å². The molecule has 1 aliphatic heterocycles. The molecule has 1 heterocycles. The highest BCUT2D eigenvalue weighted by Gasteiger charge is 2.29. The highest BCUT2D eigenvalue weighted by molar-refractivity contribution is 8.04. The second-order valence-electron chi connectivity index (χ2n) is 4.56. The number of hydrogen-bond donors (Lipinski definition) is 1. The first-order valence-electron chi connectivity index (χ1n) is 6.86. The highest BCUT2D eigenvalue weighted by atomic mass is 35.5. The average Bonchev–Trinajstić information content (AvgIpc) is 2.83. The van der Waals surface area contributed by atoms with Crippen LogP contribution in [-0.2, 0) is 19.1 Å². The Morgan fingerprint density at radius 2 is 2.09 bits per heavy atom. The fourth-order valence-electron chi connectivity index (χ4n) is 1.86. The Balaban J connectivity index is 2.01. The van der Waals surface area contributed by atoms with Gasteiger partial charge in [-0.3, -0.25) is 14.5 Å². The van der Waals surface area contributed by atoms with Crippen LogP contribution in [0.4, 0.5) is 5.69 Å². The molecule has 0 atom stereocenters. The minimum atomic E-state index is -0.534. The first-order valence-corrected chi connectivity index (χ1v) is 8.23. The summed E-state index contributed by atoms with van der Waals surface area (Å²) in [7, 11) is 0. The summed E-state index contributed by atoms with van der Waals surface area (Å²) in [5.74, 6) is -0.929. The number of amides is 2. The SMILES string of the molecule is CCOC(=O)/C=C1\SCC(=O)N1CC(=O)Nc1ccc(Cl)cc1. The normalized spacial score (nSPS) is 15.8. The molecule has 0 radical (unpaired) electrons. The van der Waals surface area contributed by atoms with E-state index < -0.39 is 5.97 Å². The first kappa shape index (κ1) is 17.4. The Bertz CT molecular complexity index is 645. The number of anilines is 1. The summed E-state index contributed by atoms with van der Waals surface area (Å²) >= 11 is 6.98. The van der Waals surface area contributed by atoms with Crippen molar-refractivity contribution in [3.63, 3.8) is 0 Å². The second-order valence-corrected chi connectivity index (χ2v) is 5.99. The van der Waals surface area contributed by atoms with Crippen LogP contribution in [0.2, 0.25) is 5.02 Å². The number of halogens is 1. The molecule has 1 fully saturated rings. The Morgan fingerprint density at radius 3 is 2.74 bits per heavy atom. The van der Waals surface area contributed by atoms with E-state index in [9.17, 15) is 14.4 Å². The van der Waals surface area contributed by atoms with Crippen LogP contribution in [0.15, 0.2) is 35.4 Å². The molecule has 8 heteroatoms. The fourth-order valence-corrected chi connectivity index (χ4v) is 2.92. The third kappa shape index (κ3) is 5.01. The van der Waals surface area contributed by atoms with Gasteiger partial charge in [-0.25, -0.2) is 4.79 Å². The molecule has 1 aliphatic rings. The molecule has 0 aromatic heterocycles. The molecule has 2 rings (SSSR count). The molecule has 2 amide bonds. The number of nitrogens with one attached hydrogen (secondary N) is 1. The van der Waals surface area contributed by atoms with Gasteiger partial charge in [0, 0.05) is 10.7 Å². The highest BCUT2D eigenvalue weighted by Crippen LogP contribution is 2.28. The Hall–Kier alpha value is -1.99. The average molecular weight is 355 g/mol. The van der Waals surface area contributed by atoms with Gasteiger partial charge in [0.2, 0.25) is 11.8 Å². The van der Waals surface area contributed by atoms with Crippen LogP contribution in [0.25, 0.3) is 0 Å². The number of carbonyl (C=O) groups excluding carboxylic acids is 3. The summed E-state index contributed by atoms with van der Waals surface area (Å²) in [6.07, 6.45) is 1.23. The first-order chi connectivity index (χ1) is 11.0. The number of hydrogen-bond acceptors (Lipinski definition) is 5. The molecule has 0 bridgehead atoms. The van der Waals surface area contributed by atoms with E-state index in [2.05, 4.69) is 5.32 Å². The number of benzene rings is 1. The third-order valence-corrected chi connectivity index (χ3v) is 4.15. The maximum atomic E-state index is 12.1. The molecule has 122 valence electrons. The Kier molecular flexibility index (Phi) is 6.06. The van der Waals surface area contributed by atoms with E-state index in [4.69, 9.17) is 16.3 Å². The minimum absolute atomic E-state index is 0.167. The van der Waals surface area contributed by atoms with E-state index in [0.29, 0.717) is 15.7 Å². The smallest absolute Gasteiger partial charge is 0.333 e. The summed E-state index contributed by atoms with van der Waals surface area (Å²) in [5.41, 5.74) is 0.578. The molecule has 6 nitrogen and oxygen atoms in total. The third-order valence-electron chi connectivity index (χ3n) is 2.87. The van der Waals surface area contributed by atoms with Gasteiger partial charge in [-0.05, 0) is 31.2 Å². The molecule has 1 aromatic carbocycles. The zero-order valence-corrected chi connectivity index (χ0v) is 13.9. The molecule has 0 aliphatic carbocycles. The van der Waals surface area contributed by atoms with E-state index in [1.165, 1.54) is 22.7 Å². The van der Waals surface area contributed by atoms with Gasteiger partial charge in [0.1, 0.15) is 6.54 Å². The number of ether oxygens (including phenoxy) is 1. The van der Waals surface area contributed by atoms with Gasteiger partial charge < -0.3 is 10.1 Å². The van der Waals surface area contributed by atoms with E-state index >= 15 is 0 Å². The molecule has 0 spiro atoms. The van der Waals surface area contributed by atoms with E-state index in [1.54, 1.807) is 31.2 Å². The lowest BCUT2D eigenvalue weighted by Crippen LogP contribution is -2.34. The molecule has 1 aromatic rings. The predicted molar refractivity (Wildman–Crippen MR) is 89.0 cm³/mol. The Labute approximate surface area is 142 Å². The minimum Gasteiger partial charge on any atom is -0.463 e. The molecule has 0 unspecified atom stereocenters. The van der Waals surface area contributed by atoms with Crippen LogP contribution >= 0.6 is 23.4 Å². The van der Waals surface area contributed by atoms with Crippen molar-refractivity contribution in [1.29, 1.82) is 0 Å². The van der Waals surface area contributed by atoms with Gasteiger partial charge in [0.25, 0.3) is 0 Å². The maximum Gasteiger partial charge on any atom is 0.333 e. The number of esters is 1. The van der Waals surface area contributed by atoms with Crippen LogP contribution in [0.1, 0.15) is 6.92 Å².